The molecule has 0 radical (unpaired) electrons. The second-order valence-electron chi connectivity index (χ2n) is 5.92. The maximum atomic E-state index is 5.96. The van der Waals surface area contributed by atoms with Crippen molar-refractivity contribution in [2.24, 2.45) is 11.7 Å². The summed E-state index contributed by atoms with van der Waals surface area (Å²) in [6, 6.07) is 9.12. The van der Waals surface area contributed by atoms with Crippen molar-refractivity contribution in [1.29, 1.82) is 0 Å². The van der Waals surface area contributed by atoms with Gasteiger partial charge in [-0.25, -0.2) is 0 Å². The first-order valence-electron chi connectivity index (χ1n) is 7.32. The van der Waals surface area contributed by atoms with Crippen molar-refractivity contribution < 1.29 is 0 Å². The van der Waals surface area contributed by atoms with Gasteiger partial charge in [0.25, 0.3) is 0 Å². The van der Waals surface area contributed by atoms with Gasteiger partial charge in [-0.3, -0.25) is 0 Å². The average Bonchev–Trinajstić information content (AvgIpc) is 2.41. The Kier molecular flexibility index (Phi) is 5.86. The summed E-state index contributed by atoms with van der Waals surface area (Å²) < 4.78 is 1.16. The summed E-state index contributed by atoms with van der Waals surface area (Å²) in [4.78, 5) is 2.48. The number of halogens is 1. The van der Waals surface area contributed by atoms with Crippen LogP contribution in [0, 0.1) is 5.92 Å². The van der Waals surface area contributed by atoms with E-state index in [1.165, 1.54) is 37.8 Å². The zero-order chi connectivity index (χ0) is 13.7. The fraction of sp³-hybridized carbons (Fsp3) is 0.625. The molecule has 1 aromatic rings. The molecule has 2 nitrogen and oxygen atoms in total. The molecule has 0 heterocycles. The minimum atomic E-state index is 0.462. The first kappa shape index (κ1) is 15.0. The predicted octanol–water partition coefficient (Wildman–Crippen LogP) is 3.44. The lowest BCUT2D eigenvalue weighted by Crippen LogP contribution is -2.33. The number of likely N-dealkylation sites (N-methyl/N-ethyl adjacent to an activating group) is 1. The number of nitrogens with zero attached hydrogens (tertiary/aromatic N) is 1. The van der Waals surface area contributed by atoms with E-state index in [1.54, 1.807) is 0 Å². The summed E-state index contributed by atoms with van der Waals surface area (Å²) in [6.07, 6.45) is 6.18. The summed E-state index contributed by atoms with van der Waals surface area (Å²) >= 11 is 3.48. The van der Waals surface area contributed by atoms with Gasteiger partial charge in [-0.2, -0.15) is 0 Å². The number of hydrogen-bond donors (Lipinski definition) is 1. The number of rotatable bonds is 5. The molecule has 0 atom stereocenters. The Morgan fingerprint density at radius 2 is 1.79 bits per heavy atom. The van der Waals surface area contributed by atoms with Crippen LogP contribution in [0.2, 0.25) is 0 Å². The Bertz CT molecular complexity index is 369. The third kappa shape index (κ3) is 5.25. The summed E-state index contributed by atoms with van der Waals surface area (Å²) in [5, 5.41) is 0. The lowest BCUT2D eigenvalue weighted by molar-refractivity contribution is 0.225. The van der Waals surface area contributed by atoms with Gasteiger partial charge in [0.15, 0.2) is 0 Å². The molecule has 3 heteroatoms. The van der Waals surface area contributed by atoms with Crippen molar-refractivity contribution in [2.75, 3.05) is 20.1 Å². The normalized spacial score (nSPS) is 23.8. The van der Waals surface area contributed by atoms with Gasteiger partial charge >= 0.3 is 0 Å². The smallest absolute Gasteiger partial charge is 0.0175 e. The van der Waals surface area contributed by atoms with E-state index >= 15 is 0 Å². The highest BCUT2D eigenvalue weighted by molar-refractivity contribution is 9.10. The lowest BCUT2D eigenvalue weighted by Gasteiger charge is -2.29. The molecule has 0 spiro atoms. The third-order valence-electron chi connectivity index (χ3n) is 4.16. The Hall–Kier alpha value is -0.380. The molecular weight excluding hydrogens is 300 g/mol. The van der Waals surface area contributed by atoms with Gasteiger partial charge in [0.05, 0.1) is 0 Å². The van der Waals surface area contributed by atoms with Crippen LogP contribution in [0.3, 0.4) is 0 Å². The Morgan fingerprint density at radius 3 is 2.42 bits per heavy atom. The van der Waals surface area contributed by atoms with Crippen molar-refractivity contribution >= 4 is 15.9 Å². The molecule has 1 saturated carbocycles. The quantitative estimate of drug-likeness (QED) is 0.898. The first-order valence-corrected chi connectivity index (χ1v) is 8.11. The maximum absolute atomic E-state index is 5.96. The topological polar surface area (TPSA) is 29.3 Å². The fourth-order valence-electron chi connectivity index (χ4n) is 2.87. The lowest BCUT2D eigenvalue weighted by atomic mass is 9.86. The summed E-state index contributed by atoms with van der Waals surface area (Å²) in [7, 11) is 2.24. The van der Waals surface area contributed by atoms with E-state index in [2.05, 4.69) is 52.1 Å². The van der Waals surface area contributed by atoms with Crippen LogP contribution in [0.1, 0.15) is 31.2 Å². The van der Waals surface area contributed by atoms with Crippen LogP contribution in [0.5, 0.6) is 0 Å². The van der Waals surface area contributed by atoms with E-state index in [0.29, 0.717) is 6.04 Å². The molecule has 2 N–H and O–H groups in total. The zero-order valence-electron chi connectivity index (χ0n) is 11.8. The van der Waals surface area contributed by atoms with Crippen molar-refractivity contribution in [3.05, 3.63) is 34.3 Å². The van der Waals surface area contributed by atoms with Gasteiger partial charge in [0, 0.05) is 23.6 Å². The van der Waals surface area contributed by atoms with E-state index < -0.39 is 0 Å². The van der Waals surface area contributed by atoms with Gasteiger partial charge in [-0.1, -0.05) is 28.1 Å². The van der Waals surface area contributed by atoms with E-state index in [1.807, 2.05) is 0 Å². The minimum absolute atomic E-state index is 0.462. The van der Waals surface area contributed by atoms with Gasteiger partial charge in [-0.05, 0) is 62.8 Å². The van der Waals surface area contributed by atoms with Crippen molar-refractivity contribution in [2.45, 2.75) is 38.1 Å². The fourth-order valence-corrected chi connectivity index (χ4v) is 3.14. The van der Waals surface area contributed by atoms with Crippen LogP contribution in [0.15, 0.2) is 28.7 Å². The van der Waals surface area contributed by atoms with Crippen LogP contribution in [0.4, 0.5) is 0 Å². The number of nitrogens with two attached hydrogens (primary N) is 1. The van der Waals surface area contributed by atoms with Crippen molar-refractivity contribution in [1.82, 2.24) is 4.90 Å². The molecule has 1 aliphatic rings. The molecule has 1 aromatic carbocycles. The summed E-state index contributed by atoms with van der Waals surface area (Å²) in [6.45, 7) is 2.37. The van der Waals surface area contributed by atoms with Crippen LogP contribution < -0.4 is 5.73 Å². The van der Waals surface area contributed by atoms with Gasteiger partial charge in [0.2, 0.25) is 0 Å². The SMILES string of the molecule is CN(CCc1ccc(Br)cc1)CC1CCC(N)CC1. The first-order chi connectivity index (χ1) is 9.13. The van der Waals surface area contributed by atoms with Crippen LogP contribution >= 0.6 is 15.9 Å². The van der Waals surface area contributed by atoms with E-state index in [9.17, 15) is 0 Å². The van der Waals surface area contributed by atoms with Crippen LogP contribution in [-0.4, -0.2) is 31.1 Å². The largest absolute Gasteiger partial charge is 0.328 e. The molecule has 1 aliphatic carbocycles. The molecular formula is C16H25BrN2. The van der Waals surface area contributed by atoms with Crippen molar-refractivity contribution in [3.63, 3.8) is 0 Å². The van der Waals surface area contributed by atoms with E-state index in [-0.39, 0.29) is 0 Å². The second kappa shape index (κ2) is 7.41. The molecule has 0 bridgehead atoms. The second-order valence-corrected chi connectivity index (χ2v) is 6.84. The van der Waals surface area contributed by atoms with Crippen LogP contribution in [0.25, 0.3) is 0 Å². The van der Waals surface area contributed by atoms with Crippen molar-refractivity contribution in [3.8, 4) is 0 Å². The number of benzene rings is 1. The van der Waals surface area contributed by atoms with Gasteiger partial charge in [0.1, 0.15) is 0 Å². The number of hydrogen-bond acceptors (Lipinski definition) is 2. The third-order valence-corrected chi connectivity index (χ3v) is 4.69. The molecule has 0 amide bonds. The van der Waals surface area contributed by atoms with E-state index in [0.717, 1.165) is 23.4 Å². The highest BCUT2D eigenvalue weighted by Crippen LogP contribution is 2.23. The monoisotopic (exact) mass is 324 g/mol. The summed E-state index contributed by atoms with van der Waals surface area (Å²) in [5.41, 5.74) is 7.37. The standard InChI is InChI=1S/C16H25BrN2/c1-19(12-14-4-8-16(18)9-5-14)11-10-13-2-6-15(17)7-3-13/h2-3,6-7,14,16H,4-5,8-12,18H2,1H3. The molecule has 0 aliphatic heterocycles. The Balaban J connectivity index is 1.69. The molecule has 19 heavy (non-hydrogen) atoms. The van der Waals surface area contributed by atoms with Gasteiger partial charge < -0.3 is 10.6 Å². The Morgan fingerprint density at radius 1 is 1.16 bits per heavy atom. The minimum Gasteiger partial charge on any atom is -0.328 e. The highest BCUT2D eigenvalue weighted by atomic mass is 79.9. The summed E-state index contributed by atoms with van der Waals surface area (Å²) in [5.74, 6) is 0.856. The average molecular weight is 325 g/mol. The predicted molar refractivity (Wildman–Crippen MR) is 85.3 cm³/mol. The molecule has 0 aromatic heterocycles. The molecule has 2 rings (SSSR count). The zero-order valence-corrected chi connectivity index (χ0v) is 13.4. The maximum Gasteiger partial charge on any atom is 0.0175 e. The van der Waals surface area contributed by atoms with Gasteiger partial charge in [-0.15, -0.1) is 0 Å². The Labute approximate surface area is 125 Å². The molecule has 0 unspecified atom stereocenters. The highest BCUT2D eigenvalue weighted by Gasteiger charge is 2.19. The van der Waals surface area contributed by atoms with Crippen LogP contribution in [-0.2, 0) is 6.42 Å². The molecule has 0 saturated heterocycles. The van der Waals surface area contributed by atoms with E-state index in [4.69, 9.17) is 5.73 Å². The molecule has 1 fully saturated rings. The molecule has 106 valence electrons.